The Balaban J connectivity index is 1.70. The van der Waals surface area contributed by atoms with Gasteiger partial charge >= 0.3 is 0 Å². The summed E-state index contributed by atoms with van der Waals surface area (Å²) in [7, 11) is 0. The Morgan fingerprint density at radius 2 is 1.89 bits per heavy atom. The highest BCUT2D eigenvalue weighted by molar-refractivity contribution is 7.99. The Morgan fingerprint density at radius 1 is 1.18 bits per heavy atom. The molecule has 0 saturated heterocycles. The van der Waals surface area contributed by atoms with E-state index in [-0.39, 0.29) is 17.5 Å². The number of pyridine rings is 1. The normalized spacial score (nSPS) is 10.9. The molecule has 2 heterocycles. The van der Waals surface area contributed by atoms with Gasteiger partial charge in [-0.05, 0) is 43.7 Å². The van der Waals surface area contributed by atoms with Gasteiger partial charge in [-0.25, -0.2) is 4.98 Å². The predicted octanol–water partition coefficient (Wildman–Crippen LogP) is 5.36. The molecule has 0 spiro atoms. The number of carbonyl (C=O) groups is 1. The van der Waals surface area contributed by atoms with Gasteiger partial charge in [-0.15, -0.1) is 10.2 Å². The van der Waals surface area contributed by atoms with E-state index in [1.54, 1.807) is 19.1 Å². The van der Waals surface area contributed by atoms with Crippen molar-refractivity contribution in [1.82, 2.24) is 19.7 Å². The summed E-state index contributed by atoms with van der Waals surface area (Å²) in [6.07, 6.45) is 1.46. The van der Waals surface area contributed by atoms with Crippen LogP contribution in [-0.2, 0) is 11.3 Å². The third-order valence-electron chi connectivity index (χ3n) is 3.93. The molecular weight excluding hydrogens is 441 g/mol. The number of hydrogen-bond acceptors (Lipinski definition) is 5. The summed E-state index contributed by atoms with van der Waals surface area (Å²) in [6, 6.07) is 7.37. The van der Waals surface area contributed by atoms with Crippen molar-refractivity contribution in [3.05, 3.63) is 51.1 Å². The summed E-state index contributed by atoms with van der Waals surface area (Å²) in [5.74, 6) is 0.895. The van der Waals surface area contributed by atoms with Gasteiger partial charge in [0.2, 0.25) is 5.91 Å². The molecule has 0 aliphatic carbocycles. The highest BCUT2D eigenvalue weighted by atomic mass is 35.5. The Bertz CT molecular complexity index is 1010. The van der Waals surface area contributed by atoms with E-state index in [4.69, 9.17) is 34.8 Å². The number of thioether (sulfide) groups is 1. The second-order valence-electron chi connectivity index (χ2n) is 5.79. The zero-order valence-corrected chi connectivity index (χ0v) is 18.1. The zero-order chi connectivity index (χ0) is 20.3. The van der Waals surface area contributed by atoms with Crippen LogP contribution in [0.4, 0.5) is 5.82 Å². The lowest BCUT2D eigenvalue weighted by Crippen LogP contribution is -2.16. The van der Waals surface area contributed by atoms with Crippen LogP contribution in [0.15, 0.2) is 35.6 Å². The number of hydrogen-bond donors (Lipinski definition) is 1. The average Bonchev–Trinajstić information content (AvgIpc) is 3.10. The number of amides is 1. The molecule has 28 heavy (non-hydrogen) atoms. The van der Waals surface area contributed by atoms with Crippen LogP contribution in [-0.4, -0.2) is 31.4 Å². The molecule has 0 aliphatic heterocycles. The first-order chi connectivity index (χ1) is 13.4. The molecule has 146 valence electrons. The van der Waals surface area contributed by atoms with Crippen molar-refractivity contribution < 1.29 is 4.79 Å². The molecule has 3 aromatic rings. The number of carbonyl (C=O) groups excluding carboxylic acids is 1. The lowest BCUT2D eigenvalue weighted by molar-refractivity contribution is -0.113. The number of rotatable bonds is 6. The number of benzene rings is 1. The summed E-state index contributed by atoms with van der Waals surface area (Å²) in [4.78, 5) is 16.4. The number of aromatic nitrogens is 4. The molecule has 1 aromatic carbocycles. The predicted molar refractivity (Wildman–Crippen MR) is 114 cm³/mol. The quantitative estimate of drug-likeness (QED) is 0.506. The van der Waals surface area contributed by atoms with Gasteiger partial charge < -0.3 is 9.88 Å². The first-order valence-corrected chi connectivity index (χ1v) is 10.4. The van der Waals surface area contributed by atoms with Gasteiger partial charge in [0.25, 0.3) is 0 Å². The smallest absolute Gasteiger partial charge is 0.236 e. The Morgan fingerprint density at radius 3 is 2.57 bits per heavy atom. The molecule has 0 fully saturated rings. The molecule has 10 heteroatoms. The monoisotopic (exact) mass is 455 g/mol. The fraction of sp³-hybridized carbons (Fsp3) is 0.222. The van der Waals surface area contributed by atoms with E-state index in [1.807, 2.05) is 23.6 Å². The molecule has 1 N–H and O–H groups in total. The minimum Gasteiger partial charge on any atom is -0.309 e. The summed E-state index contributed by atoms with van der Waals surface area (Å²) < 4.78 is 1.94. The molecule has 0 radical (unpaired) electrons. The van der Waals surface area contributed by atoms with Crippen molar-refractivity contribution >= 4 is 58.3 Å². The lowest BCUT2D eigenvalue weighted by Gasteiger charge is -2.09. The van der Waals surface area contributed by atoms with Gasteiger partial charge in [-0.1, -0.05) is 46.6 Å². The van der Waals surface area contributed by atoms with Crippen LogP contribution in [0.5, 0.6) is 0 Å². The van der Waals surface area contributed by atoms with Crippen molar-refractivity contribution in [3.63, 3.8) is 0 Å². The van der Waals surface area contributed by atoms with Gasteiger partial charge in [0.15, 0.2) is 16.8 Å². The maximum atomic E-state index is 12.3. The van der Waals surface area contributed by atoms with Crippen molar-refractivity contribution in [2.24, 2.45) is 0 Å². The van der Waals surface area contributed by atoms with Gasteiger partial charge in [0.05, 0.1) is 15.8 Å². The molecule has 0 atom stereocenters. The summed E-state index contributed by atoms with van der Waals surface area (Å²) in [5.41, 5.74) is 1.57. The van der Waals surface area contributed by atoms with Crippen LogP contribution in [0.25, 0.3) is 11.4 Å². The molecule has 0 unspecified atom stereocenters. The highest BCUT2D eigenvalue weighted by Gasteiger charge is 2.16. The lowest BCUT2D eigenvalue weighted by atomic mass is 10.2. The zero-order valence-electron chi connectivity index (χ0n) is 15.0. The van der Waals surface area contributed by atoms with Gasteiger partial charge in [-0.3, -0.25) is 4.79 Å². The van der Waals surface area contributed by atoms with Crippen LogP contribution in [0.3, 0.4) is 0 Å². The minimum absolute atomic E-state index is 0.137. The topological polar surface area (TPSA) is 72.7 Å². The van der Waals surface area contributed by atoms with E-state index in [1.165, 1.54) is 18.0 Å². The van der Waals surface area contributed by atoms with Crippen LogP contribution in [0, 0.1) is 6.92 Å². The summed E-state index contributed by atoms with van der Waals surface area (Å²) in [5, 5.41) is 13.2. The third kappa shape index (κ3) is 4.60. The fourth-order valence-electron chi connectivity index (χ4n) is 2.44. The Kier molecular flexibility index (Phi) is 6.82. The second kappa shape index (κ2) is 9.13. The maximum absolute atomic E-state index is 12.3. The van der Waals surface area contributed by atoms with E-state index in [0.29, 0.717) is 32.3 Å². The highest BCUT2D eigenvalue weighted by Crippen LogP contribution is 2.29. The SMILES string of the molecule is CCn1c(SCC(=O)Nc2ncc(Cl)c(C)c2Cl)nnc1-c1ccc(Cl)cc1. The first kappa shape index (κ1) is 20.9. The summed E-state index contributed by atoms with van der Waals surface area (Å²) in [6.45, 7) is 4.42. The number of nitrogens with zero attached hydrogens (tertiary/aromatic N) is 4. The van der Waals surface area contributed by atoms with Gasteiger partial charge in [-0.2, -0.15) is 0 Å². The standard InChI is InChI=1S/C18H16Cl3N5OS/c1-3-26-17(11-4-6-12(19)7-5-11)24-25-18(26)28-9-14(27)23-16-15(21)10(2)13(20)8-22-16/h4-8H,3,9H2,1-2H3,(H,22,23,27). The van der Waals surface area contributed by atoms with Crippen LogP contribution < -0.4 is 5.32 Å². The largest absolute Gasteiger partial charge is 0.309 e. The number of nitrogens with one attached hydrogen (secondary N) is 1. The molecule has 0 saturated carbocycles. The molecule has 3 rings (SSSR count). The fourth-order valence-corrected chi connectivity index (χ4v) is 3.75. The molecule has 1 amide bonds. The number of halogens is 3. The molecule has 0 aliphatic rings. The van der Waals surface area contributed by atoms with E-state index < -0.39 is 0 Å². The van der Waals surface area contributed by atoms with Crippen molar-refractivity contribution in [2.75, 3.05) is 11.1 Å². The minimum atomic E-state index is -0.250. The molecule has 2 aromatic heterocycles. The van der Waals surface area contributed by atoms with Gasteiger partial charge in [0, 0.05) is 23.3 Å². The van der Waals surface area contributed by atoms with Crippen LogP contribution in [0.2, 0.25) is 15.1 Å². The van der Waals surface area contributed by atoms with Crippen LogP contribution >= 0.6 is 46.6 Å². The molecular formula is C18H16Cl3N5OS. The van der Waals surface area contributed by atoms with Gasteiger partial charge in [0.1, 0.15) is 0 Å². The van der Waals surface area contributed by atoms with E-state index in [0.717, 1.165) is 11.4 Å². The molecule has 0 bridgehead atoms. The van der Waals surface area contributed by atoms with Crippen LogP contribution in [0.1, 0.15) is 12.5 Å². The molecule has 6 nitrogen and oxygen atoms in total. The third-order valence-corrected chi connectivity index (χ3v) is 5.99. The van der Waals surface area contributed by atoms with Crippen molar-refractivity contribution in [1.29, 1.82) is 0 Å². The van der Waals surface area contributed by atoms with E-state index >= 15 is 0 Å². The first-order valence-electron chi connectivity index (χ1n) is 8.33. The Labute approximate surface area is 181 Å². The van der Waals surface area contributed by atoms with E-state index in [9.17, 15) is 4.79 Å². The maximum Gasteiger partial charge on any atom is 0.236 e. The number of anilines is 1. The summed E-state index contributed by atoms with van der Waals surface area (Å²) >= 11 is 19.4. The average molecular weight is 457 g/mol. The Hall–Kier alpha value is -1.80. The second-order valence-corrected chi connectivity index (χ2v) is 7.95. The van der Waals surface area contributed by atoms with Crippen molar-refractivity contribution in [3.8, 4) is 11.4 Å². The van der Waals surface area contributed by atoms with Crippen molar-refractivity contribution in [2.45, 2.75) is 25.5 Å². The van der Waals surface area contributed by atoms with E-state index in [2.05, 4.69) is 20.5 Å².